The maximum Gasteiger partial charge on any atom is 0.0442 e. The summed E-state index contributed by atoms with van der Waals surface area (Å²) in [5, 5.41) is 3.19. The van der Waals surface area contributed by atoms with Crippen molar-refractivity contribution in [3.05, 3.63) is 24.0 Å². The Morgan fingerprint density at radius 3 is 2.81 bits per heavy atom. The minimum atomic E-state index is 0.881. The van der Waals surface area contributed by atoms with Gasteiger partial charge in [-0.15, -0.1) is 0 Å². The van der Waals surface area contributed by atoms with Gasteiger partial charge in [0.15, 0.2) is 0 Å². The maximum absolute atomic E-state index is 4.19. The van der Waals surface area contributed by atoms with Crippen molar-refractivity contribution in [2.45, 2.75) is 33.2 Å². The summed E-state index contributed by atoms with van der Waals surface area (Å²) in [4.78, 5) is 6.62. The molecule has 0 aliphatic heterocycles. The predicted octanol–water partition coefficient (Wildman–Crippen LogP) is 2.43. The first-order chi connectivity index (χ1) is 7.83. The number of nitrogens with one attached hydrogen (secondary N) is 1. The highest BCUT2D eigenvalue weighted by Gasteiger charge is 2.08. The van der Waals surface area contributed by atoms with Gasteiger partial charge >= 0.3 is 0 Å². The largest absolute Gasteiger partial charge is 0.371 e. The molecule has 0 aromatic carbocycles. The van der Waals surface area contributed by atoms with Crippen molar-refractivity contribution >= 4 is 5.69 Å². The van der Waals surface area contributed by atoms with E-state index in [0.29, 0.717) is 0 Å². The van der Waals surface area contributed by atoms with Crippen LogP contribution in [0.15, 0.2) is 18.5 Å². The van der Waals surface area contributed by atoms with Crippen LogP contribution in [0.3, 0.4) is 0 Å². The van der Waals surface area contributed by atoms with Crippen molar-refractivity contribution in [1.29, 1.82) is 0 Å². The van der Waals surface area contributed by atoms with Crippen molar-refractivity contribution in [2.24, 2.45) is 0 Å². The Labute approximate surface area is 98.9 Å². The molecule has 1 aromatic rings. The summed E-state index contributed by atoms with van der Waals surface area (Å²) >= 11 is 0. The summed E-state index contributed by atoms with van der Waals surface area (Å²) in [6.07, 6.45) is 6.32. The summed E-state index contributed by atoms with van der Waals surface area (Å²) < 4.78 is 0. The zero-order valence-electron chi connectivity index (χ0n) is 10.7. The Balaban J connectivity index is 2.81. The highest BCUT2D eigenvalue weighted by atomic mass is 15.1. The van der Waals surface area contributed by atoms with E-state index >= 15 is 0 Å². The van der Waals surface area contributed by atoms with Crippen LogP contribution in [0, 0.1) is 0 Å². The van der Waals surface area contributed by atoms with E-state index < -0.39 is 0 Å². The van der Waals surface area contributed by atoms with Gasteiger partial charge in [-0.3, -0.25) is 4.98 Å². The fourth-order valence-electron chi connectivity index (χ4n) is 1.85. The van der Waals surface area contributed by atoms with Crippen LogP contribution in [0.25, 0.3) is 0 Å². The number of unbranched alkanes of at least 4 members (excludes halogenated alkanes) is 1. The van der Waals surface area contributed by atoms with Crippen LogP contribution in [0.4, 0.5) is 5.69 Å². The third-order valence-corrected chi connectivity index (χ3v) is 2.75. The smallest absolute Gasteiger partial charge is 0.0442 e. The molecule has 0 saturated heterocycles. The topological polar surface area (TPSA) is 28.2 Å². The number of hydrogen-bond acceptors (Lipinski definition) is 3. The Morgan fingerprint density at radius 2 is 2.19 bits per heavy atom. The van der Waals surface area contributed by atoms with Crippen LogP contribution in [-0.4, -0.2) is 25.1 Å². The van der Waals surface area contributed by atoms with Crippen LogP contribution in [0.1, 0.15) is 32.3 Å². The molecule has 3 heteroatoms. The molecule has 3 nitrogen and oxygen atoms in total. The maximum atomic E-state index is 4.19. The Kier molecular flexibility index (Phi) is 5.86. The summed E-state index contributed by atoms with van der Waals surface area (Å²) in [5.41, 5.74) is 2.60. The van der Waals surface area contributed by atoms with Crippen LogP contribution in [-0.2, 0) is 6.54 Å². The summed E-state index contributed by atoms with van der Waals surface area (Å²) in [5.74, 6) is 0. The van der Waals surface area contributed by atoms with Gasteiger partial charge in [0.25, 0.3) is 0 Å². The molecule has 16 heavy (non-hydrogen) atoms. The van der Waals surface area contributed by atoms with E-state index in [0.717, 1.165) is 19.6 Å². The molecule has 0 bridgehead atoms. The number of aromatic nitrogens is 1. The average molecular weight is 221 g/mol. The summed E-state index contributed by atoms with van der Waals surface area (Å²) in [6, 6.07) is 2.12. The molecule has 0 radical (unpaired) electrons. The Morgan fingerprint density at radius 1 is 1.38 bits per heavy atom. The number of pyridine rings is 1. The first kappa shape index (κ1) is 13.0. The predicted molar refractivity (Wildman–Crippen MR) is 69.8 cm³/mol. The zero-order valence-corrected chi connectivity index (χ0v) is 10.7. The first-order valence-corrected chi connectivity index (χ1v) is 6.15. The number of nitrogens with zero attached hydrogens (tertiary/aromatic N) is 2. The van der Waals surface area contributed by atoms with Gasteiger partial charge < -0.3 is 10.2 Å². The molecule has 0 unspecified atom stereocenters. The van der Waals surface area contributed by atoms with Gasteiger partial charge in [0.05, 0.1) is 0 Å². The van der Waals surface area contributed by atoms with E-state index in [9.17, 15) is 0 Å². The van der Waals surface area contributed by atoms with Crippen molar-refractivity contribution in [2.75, 3.05) is 25.0 Å². The SMILES string of the molecule is CCCCN(CC)c1ccncc1CNC. The van der Waals surface area contributed by atoms with Crippen LogP contribution >= 0.6 is 0 Å². The number of hydrogen-bond donors (Lipinski definition) is 1. The lowest BCUT2D eigenvalue weighted by Gasteiger charge is -2.25. The van der Waals surface area contributed by atoms with Crippen molar-refractivity contribution in [1.82, 2.24) is 10.3 Å². The van der Waals surface area contributed by atoms with Gasteiger partial charge in [0, 0.05) is 43.3 Å². The van der Waals surface area contributed by atoms with Crippen molar-refractivity contribution < 1.29 is 0 Å². The molecule has 0 atom stereocenters. The fourth-order valence-corrected chi connectivity index (χ4v) is 1.85. The van der Waals surface area contributed by atoms with E-state index in [2.05, 4.69) is 35.1 Å². The number of anilines is 1. The van der Waals surface area contributed by atoms with Gasteiger partial charge in [-0.05, 0) is 26.5 Å². The molecule has 0 amide bonds. The minimum Gasteiger partial charge on any atom is -0.371 e. The van der Waals surface area contributed by atoms with Crippen molar-refractivity contribution in [3.63, 3.8) is 0 Å². The third kappa shape index (κ3) is 3.49. The standard InChI is InChI=1S/C13H23N3/c1-4-6-9-16(5-2)13-7-8-15-11-12(13)10-14-3/h7-8,11,14H,4-6,9-10H2,1-3H3. The second-order valence-electron chi connectivity index (χ2n) is 3.97. The second kappa shape index (κ2) is 7.23. The molecular formula is C13H23N3. The molecule has 0 fully saturated rings. The van der Waals surface area contributed by atoms with Crippen molar-refractivity contribution in [3.8, 4) is 0 Å². The highest BCUT2D eigenvalue weighted by molar-refractivity contribution is 5.52. The molecule has 90 valence electrons. The quantitative estimate of drug-likeness (QED) is 0.766. The van der Waals surface area contributed by atoms with E-state index in [1.807, 2.05) is 19.4 Å². The normalized spacial score (nSPS) is 10.4. The Hall–Kier alpha value is -1.09. The first-order valence-electron chi connectivity index (χ1n) is 6.15. The molecule has 0 saturated carbocycles. The second-order valence-corrected chi connectivity index (χ2v) is 3.97. The van der Waals surface area contributed by atoms with Crippen LogP contribution in [0.5, 0.6) is 0 Å². The minimum absolute atomic E-state index is 0.881. The fraction of sp³-hybridized carbons (Fsp3) is 0.615. The van der Waals surface area contributed by atoms with E-state index in [1.54, 1.807) is 0 Å². The molecule has 1 aromatic heterocycles. The van der Waals surface area contributed by atoms with Crippen LogP contribution < -0.4 is 10.2 Å². The number of rotatable bonds is 7. The lowest BCUT2D eigenvalue weighted by atomic mass is 10.2. The van der Waals surface area contributed by atoms with E-state index in [1.165, 1.54) is 24.1 Å². The van der Waals surface area contributed by atoms with Gasteiger partial charge in [0.1, 0.15) is 0 Å². The molecule has 1 heterocycles. The molecule has 0 aliphatic carbocycles. The molecule has 1 N–H and O–H groups in total. The van der Waals surface area contributed by atoms with Gasteiger partial charge in [0.2, 0.25) is 0 Å². The highest BCUT2D eigenvalue weighted by Crippen LogP contribution is 2.19. The summed E-state index contributed by atoms with van der Waals surface area (Å²) in [6.45, 7) is 7.51. The van der Waals surface area contributed by atoms with Crippen LogP contribution in [0.2, 0.25) is 0 Å². The van der Waals surface area contributed by atoms with Gasteiger partial charge in [-0.2, -0.15) is 0 Å². The molecule has 0 aliphatic rings. The Bertz CT molecular complexity index is 299. The van der Waals surface area contributed by atoms with Gasteiger partial charge in [-0.25, -0.2) is 0 Å². The summed E-state index contributed by atoms with van der Waals surface area (Å²) in [7, 11) is 1.97. The monoisotopic (exact) mass is 221 g/mol. The van der Waals surface area contributed by atoms with E-state index in [-0.39, 0.29) is 0 Å². The van der Waals surface area contributed by atoms with E-state index in [4.69, 9.17) is 0 Å². The lowest BCUT2D eigenvalue weighted by molar-refractivity contribution is 0.721. The molecule has 0 spiro atoms. The van der Waals surface area contributed by atoms with Gasteiger partial charge in [-0.1, -0.05) is 13.3 Å². The molecule has 1 rings (SSSR count). The molecular weight excluding hydrogens is 198 g/mol. The zero-order chi connectivity index (χ0) is 11.8. The third-order valence-electron chi connectivity index (χ3n) is 2.75. The average Bonchev–Trinajstić information content (AvgIpc) is 2.32. The lowest BCUT2D eigenvalue weighted by Crippen LogP contribution is -2.25.